The summed E-state index contributed by atoms with van der Waals surface area (Å²) in [5, 5.41) is 17.5. The van der Waals surface area contributed by atoms with Crippen LogP contribution in [0.1, 0.15) is 130 Å². The van der Waals surface area contributed by atoms with E-state index in [0.29, 0.717) is 72.6 Å². The highest BCUT2D eigenvalue weighted by atomic mass is 16.5. The van der Waals surface area contributed by atoms with Gasteiger partial charge in [0.2, 0.25) is 11.8 Å². The Labute approximate surface area is 333 Å². The van der Waals surface area contributed by atoms with E-state index in [1.807, 2.05) is 74.5 Å². The molecule has 0 fully saturated rings. The first-order valence-corrected chi connectivity index (χ1v) is 21.2. The van der Waals surface area contributed by atoms with Crippen molar-refractivity contribution in [2.45, 2.75) is 130 Å². The fourth-order valence-corrected chi connectivity index (χ4v) is 6.58. The molecule has 0 aliphatic heterocycles. The van der Waals surface area contributed by atoms with Crippen molar-refractivity contribution in [2.75, 3.05) is 26.4 Å². The molecule has 0 amide bonds. The lowest BCUT2D eigenvalue weighted by molar-refractivity contribution is 0.304. The van der Waals surface area contributed by atoms with Gasteiger partial charge in [0.05, 0.1) is 37.6 Å². The van der Waals surface area contributed by atoms with Gasteiger partial charge in [-0.05, 0) is 87.4 Å². The zero-order chi connectivity index (χ0) is 39.2. The van der Waals surface area contributed by atoms with E-state index in [0.717, 1.165) is 35.5 Å². The van der Waals surface area contributed by atoms with Crippen LogP contribution in [0.2, 0.25) is 0 Å². The summed E-state index contributed by atoms with van der Waals surface area (Å²) in [6, 6.07) is 19.2. The van der Waals surface area contributed by atoms with E-state index >= 15 is 0 Å². The zero-order valence-electron chi connectivity index (χ0n) is 34.2. The van der Waals surface area contributed by atoms with Crippen molar-refractivity contribution in [1.29, 1.82) is 0 Å². The molecular formula is C46H62N4O6. The normalized spacial score (nSPS) is 11.2. The Morgan fingerprint density at radius 1 is 0.393 bits per heavy atom. The number of rotatable bonds is 28. The molecule has 0 N–H and O–H groups in total. The predicted molar refractivity (Wildman–Crippen MR) is 222 cm³/mol. The third-order valence-electron chi connectivity index (χ3n) is 9.73. The number of hydrogen-bond acceptors (Lipinski definition) is 10. The van der Waals surface area contributed by atoms with E-state index in [9.17, 15) is 0 Å². The van der Waals surface area contributed by atoms with E-state index in [1.165, 1.54) is 89.9 Å². The molecular weight excluding hydrogens is 705 g/mol. The summed E-state index contributed by atoms with van der Waals surface area (Å²) in [4.78, 5) is 0. The minimum atomic E-state index is 0.307. The first-order valence-electron chi connectivity index (χ1n) is 21.2. The van der Waals surface area contributed by atoms with Crippen molar-refractivity contribution < 1.29 is 27.8 Å². The molecule has 0 bridgehead atoms. The van der Waals surface area contributed by atoms with Crippen LogP contribution in [-0.4, -0.2) is 46.8 Å². The maximum Gasteiger partial charge on any atom is 0.252 e. The van der Waals surface area contributed by atoms with Crippen LogP contribution in [0.15, 0.2) is 69.5 Å². The molecule has 10 nitrogen and oxygen atoms in total. The van der Waals surface area contributed by atoms with Crippen LogP contribution >= 0.6 is 0 Å². The molecule has 3 aromatic carbocycles. The summed E-state index contributed by atoms with van der Waals surface area (Å²) >= 11 is 0. The number of ether oxygens (including phenoxy) is 4. The molecule has 2 heterocycles. The number of benzene rings is 3. The molecule has 0 saturated carbocycles. The van der Waals surface area contributed by atoms with Crippen molar-refractivity contribution in [3.63, 3.8) is 0 Å². The van der Waals surface area contributed by atoms with Crippen molar-refractivity contribution >= 4 is 0 Å². The monoisotopic (exact) mass is 766 g/mol. The summed E-state index contributed by atoms with van der Waals surface area (Å²) in [6.07, 6.45) is 20.3. The third-order valence-corrected chi connectivity index (χ3v) is 9.73. The molecule has 5 aromatic rings. The van der Waals surface area contributed by atoms with Crippen LogP contribution in [0, 0.1) is 0 Å². The minimum absolute atomic E-state index is 0.307. The number of nitrogens with zero attached hydrogens (tertiary/aromatic N) is 4. The average Bonchev–Trinajstić information content (AvgIpc) is 3.92. The second-order valence-electron chi connectivity index (χ2n) is 14.2. The lowest BCUT2D eigenvalue weighted by Crippen LogP contribution is -1.99. The van der Waals surface area contributed by atoms with Gasteiger partial charge in [0, 0.05) is 11.1 Å². The van der Waals surface area contributed by atoms with Gasteiger partial charge in [-0.3, -0.25) is 0 Å². The lowest BCUT2D eigenvalue weighted by atomic mass is 10.1. The van der Waals surface area contributed by atoms with Crippen LogP contribution in [0.25, 0.3) is 45.8 Å². The quantitative estimate of drug-likeness (QED) is 0.0456. The molecule has 5 rings (SSSR count). The molecule has 10 heteroatoms. The van der Waals surface area contributed by atoms with Gasteiger partial charge in [-0.2, -0.15) is 0 Å². The molecule has 302 valence electrons. The van der Waals surface area contributed by atoms with Gasteiger partial charge in [0.25, 0.3) is 11.8 Å². The summed E-state index contributed by atoms with van der Waals surface area (Å²) in [7, 11) is 0. The first kappa shape index (κ1) is 42.3. The van der Waals surface area contributed by atoms with Gasteiger partial charge in [-0.15, -0.1) is 20.4 Å². The largest absolute Gasteiger partial charge is 0.494 e. The Morgan fingerprint density at radius 2 is 0.732 bits per heavy atom. The average molecular weight is 767 g/mol. The highest BCUT2D eigenvalue weighted by molar-refractivity contribution is 5.76. The molecule has 0 aliphatic carbocycles. The van der Waals surface area contributed by atoms with E-state index in [2.05, 4.69) is 34.2 Å². The maximum atomic E-state index is 6.19. The minimum Gasteiger partial charge on any atom is -0.494 e. The summed E-state index contributed by atoms with van der Waals surface area (Å²) in [5.41, 5.74) is 2.80. The molecule has 0 atom stereocenters. The van der Waals surface area contributed by atoms with Gasteiger partial charge < -0.3 is 27.8 Å². The van der Waals surface area contributed by atoms with Crippen LogP contribution in [0.5, 0.6) is 23.0 Å². The van der Waals surface area contributed by atoms with Crippen LogP contribution in [0.3, 0.4) is 0 Å². The molecule has 2 aromatic heterocycles. The van der Waals surface area contributed by atoms with Crippen molar-refractivity contribution in [3.8, 4) is 68.8 Å². The third kappa shape index (κ3) is 13.1. The molecule has 0 radical (unpaired) electrons. The molecule has 0 spiro atoms. The number of aromatic nitrogens is 4. The van der Waals surface area contributed by atoms with Gasteiger partial charge in [-0.1, -0.05) is 104 Å². The Balaban J connectivity index is 1.19. The fraction of sp³-hybridized carbons (Fsp3) is 0.522. The smallest absolute Gasteiger partial charge is 0.252 e. The van der Waals surface area contributed by atoms with Gasteiger partial charge in [0.1, 0.15) is 23.0 Å². The van der Waals surface area contributed by atoms with Crippen molar-refractivity contribution in [1.82, 2.24) is 20.4 Å². The van der Waals surface area contributed by atoms with Crippen LogP contribution in [-0.2, 0) is 0 Å². The Bertz CT molecular complexity index is 1680. The number of hydrogen-bond donors (Lipinski definition) is 0. The van der Waals surface area contributed by atoms with Crippen molar-refractivity contribution in [3.05, 3.63) is 60.7 Å². The Morgan fingerprint density at radius 3 is 1.09 bits per heavy atom. The second kappa shape index (κ2) is 23.9. The van der Waals surface area contributed by atoms with E-state index in [4.69, 9.17) is 27.8 Å². The molecule has 0 saturated heterocycles. The van der Waals surface area contributed by atoms with Gasteiger partial charge >= 0.3 is 0 Å². The molecule has 0 unspecified atom stereocenters. The SMILES string of the molecule is CCCCCCCCCCOc1ccc(-c2nnc(-c3cc(OCC)c(-c4nnc(-c5ccc(OCCCCCCCCCC)cc5)o4)cc3OCC)o2)cc1. The molecule has 56 heavy (non-hydrogen) atoms. The van der Waals surface area contributed by atoms with Gasteiger partial charge in [0.15, 0.2) is 0 Å². The summed E-state index contributed by atoms with van der Waals surface area (Å²) in [6.45, 7) is 10.6. The summed E-state index contributed by atoms with van der Waals surface area (Å²) in [5.74, 6) is 4.12. The highest BCUT2D eigenvalue weighted by Crippen LogP contribution is 2.41. The topological polar surface area (TPSA) is 115 Å². The van der Waals surface area contributed by atoms with Crippen molar-refractivity contribution in [2.24, 2.45) is 0 Å². The van der Waals surface area contributed by atoms with E-state index in [1.54, 1.807) is 0 Å². The lowest BCUT2D eigenvalue weighted by Gasteiger charge is -2.13. The number of unbranched alkanes of at least 4 members (excludes halogenated alkanes) is 14. The predicted octanol–water partition coefficient (Wildman–Crippen LogP) is 13.0. The van der Waals surface area contributed by atoms with E-state index < -0.39 is 0 Å². The van der Waals surface area contributed by atoms with Gasteiger partial charge in [-0.25, -0.2) is 0 Å². The summed E-state index contributed by atoms with van der Waals surface area (Å²) < 4.78 is 36.5. The Kier molecular flexibility index (Phi) is 18.1. The second-order valence-corrected chi connectivity index (χ2v) is 14.2. The zero-order valence-corrected chi connectivity index (χ0v) is 34.2. The van der Waals surface area contributed by atoms with E-state index in [-0.39, 0.29) is 0 Å². The highest BCUT2D eigenvalue weighted by Gasteiger charge is 2.23. The van der Waals surface area contributed by atoms with Crippen LogP contribution in [0.4, 0.5) is 0 Å². The standard InChI is InChI=1S/C46H62N4O6/c1-5-9-11-13-15-17-19-21-31-53-37-27-23-35(24-28-37)43-47-49-45(55-43)39-33-42(52-8-4)40(34-41(39)51-7-3)46-50-48-44(56-46)36-25-29-38(30-26-36)54-32-22-20-18-16-14-12-10-6-2/h23-30,33-34H,5-22,31-32H2,1-4H3. The maximum absolute atomic E-state index is 6.19. The molecule has 0 aliphatic rings. The first-order chi connectivity index (χ1) is 27.6. The Hall–Kier alpha value is -4.86. The fourth-order valence-electron chi connectivity index (χ4n) is 6.58. The van der Waals surface area contributed by atoms with Crippen LogP contribution < -0.4 is 18.9 Å².